The number of carbonyl (C=O) groups excluding carboxylic acids is 2. The van der Waals surface area contributed by atoms with Crippen LogP contribution >= 0.6 is 0 Å². The highest BCUT2D eigenvalue weighted by Crippen LogP contribution is 2.45. The topological polar surface area (TPSA) is 52.6 Å². The van der Waals surface area contributed by atoms with Gasteiger partial charge in [0.15, 0.2) is 0 Å². The number of ether oxygens (including phenoxy) is 2. The number of carbonyl (C=O) groups is 2. The fraction of sp³-hybridized carbons (Fsp3) is 0.946. The molecule has 2 unspecified atom stereocenters. The summed E-state index contributed by atoms with van der Waals surface area (Å²) >= 11 is 0. The predicted octanol–water partition coefficient (Wildman–Crippen LogP) is 11.4. The van der Waals surface area contributed by atoms with Crippen molar-refractivity contribution in [2.45, 2.75) is 189 Å². The van der Waals surface area contributed by atoms with Crippen molar-refractivity contribution in [1.82, 2.24) is 0 Å². The van der Waals surface area contributed by atoms with E-state index in [1.165, 1.54) is 77.0 Å². The number of rotatable bonds is 26. The van der Waals surface area contributed by atoms with Crippen LogP contribution in [0.2, 0.25) is 0 Å². The van der Waals surface area contributed by atoms with Gasteiger partial charge in [-0.25, -0.2) is 0 Å². The molecule has 0 aromatic heterocycles. The molecule has 41 heavy (non-hydrogen) atoms. The smallest absolute Gasteiger partial charge is 0.312 e. The second-order valence-electron chi connectivity index (χ2n) is 13.5. The van der Waals surface area contributed by atoms with E-state index in [4.69, 9.17) is 9.47 Å². The number of unbranched alkanes of at least 4 members (excludes halogenated alkanes) is 9. The van der Waals surface area contributed by atoms with Crippen LogP contribution in [-0.2, 0) is 19.1 Å². The summed E-state index contributed by atoms with van der Waals surface area (Å²) in [4.78, 5) is 25.8. The van der Waals surface area contributed by atoms with Gasteiger partial charge in [0.1, 0.15) is 0 Å². The molecule has 0 spiro atoms. The molecule has 0 aliphatic heterocycles. The second kappa shape index (κ2) is 24.4. The van der Waals surface area contributed by atoms with Crippen molar-refractivity contribution in [3.05, 3.63) is 0 Å². The SMILES string of the molecule is CCCCCCC1CCC(CCCCCCCC(=O)OCC(CC)CCCC)(C(=O)OCC(CC)CCCC)CC1. The summed E-state index contributed by atoms with van der Waals surface area (Å²) in [6.07, 6.45) is 27.2. The molecule has 0 aromatic carbocycles. The molecule has 0 amide bonds. The molecule has 1 rings (SSSR count). The first-order valence-corrected chi connectivity index (χ1v) is 18.3. The van der Waals surface area contributed by atoms with Crippen molar-refractivity contribution in [2.24, 2.45) is 23.2 Å². The van der Waals surface area contributed by atoms with Gasteiger partial charge in [-0.3, -0.25) is 9.59 Å². The summed E-state index contributed by atoms with van der Waals surface area (Å²) in [5.74, 6) is 1.88. The van der Waals surface area contributed by atoms with Gasteiger partial charge in [-0.15, -0.1) is 0 Å². The van der Waals surface area contributed by atoms with Gasteiger partial charge in [0.25, 0.3) is 0 Å². The van der Waals surface area contributed by atoms with Crippen LogP contribution in [0.3, 0.4) is 0 Å². The van der Waals surface area contributed by atoms with Crippen LogP contribution < -0.4 is 0 Å². The Labute approximate surface area is 255 Å². The Bertz CT molecular complexity index is 637. The van der Waals surface area contributed by atoms with Crippen LogP contribution in [0.25, 0.3) is 0 Å². The van der Waals surface area contributed by atoms with Crippen LogP contribution in [0, 0.1) is 23.2 Å². The number of esters is 2. The van der Waals surface area contributed by atoms with E-state index in [-0.39, 0.29) is 17.4 Å². The second-order valence-corrected chi connectivity index (χ2v) is 13.5. The Morgan fingerprint density at radius 1 is 0.659 bits per heavy atom. The normalized spacial score (nSPS) is 20.5. The molecule has 0 bridgehead atoms. The molecule has 0 saturated heterocycles. The molecule has 1 saturated carbocycles. The third-order valence-electron chi connectivity index (χ3n) is 10.0. The van der Waals surface area contributed by atoms with E-state index in [2.05, 4.69) is 34.6 Å². The molecule has 1 aliphatic carbocycles. The Morgan fingerprint density at radius 2 is 1.20 bits per heavy atom. The van der Waals surface area contributed by atoms with Crippen LogP contribution in [0.4, 0.5) is 0 Å². The van der Waals surface area contributed by atoms with Gasteiger partial charge in [-0.05, 0) is 69.1 Å². The summed E-state index contributed by atoms with van der Waals surface area (Å²) in [6.45, 7) is 12.3. The van der Waals surface area contributed by atoms with Gasteiger partial charge in [-0.1, -0.05) is 131 Å². The first kappa shape index (κ1) is 38.0. The fourth-order valence-corrected chi connectivity index (χ4v) is 6.62. The zero-order valence-corrected chi connectivity index (χ0v) is 28.2. The van der Waals surface area contributed by atoms with Gasteiger partial charge < -0.3 is 9.47 Å². The van der Waals surface area contributed by atoms with E-state index in [1.807, 2.05) is 0 Å². The Balaban J connectivity index is 2.45. The summed E-state index contributed by atoms with van der Waals surface area (Å²) < 4.78 is 11.6. The van der Waals surface area contributed by atoms with Gasteiger partial charge in [0.05, 0.1) is 18.6 Å². The van der Waals surface area contributed by atoms with Gasteiger partial charge in [-0.2, -0.15) is 0 Å². The average Bonchev–Trinajstić information content (AvgIpc) is 2.99. The Morgan fingerprint density at radius 3 is 1.78 bits per heavy atom. The van der Waals surface area contributed by atoms with E-state index in [1.54, 1.807) is 0 Å². The predicted molar refractivity (Wildman–Crippen MR) is 174 cm³/mol. The van der Waals surface area contributed by atoms with E-state index in [9.17, 15) is 9.59 Å². The highest BCUT2D eigenvalue weighted by Gasteiger charge is 2.42. The zero-order valence-electron chi connectivity index (χ0n) is 28.2. The highest BCUT2D eigenvalue weighted by molar-refractivity contribution is 5.77. The quantitative estimate of drug-likeness (QED) is 0.0756. The lowest BCUT2D eigenvalue weighted by Crippen LogP contribution is -2.38. The molecule has 4 nitrogen and oxygen atoms in total. The van der Waals surface area contributed by atoms with Crippen molar-refractivity contribution < 1.29 is 19.1 Å². The lowest BCUT2D eigenvalue weighted by molar-refractivity contribution is -0.161. The van der Waals surface area contributed by atoms with Crippen LogP contribution in [0.15, 0.2) is 0 Å². The van der Waals surface area contributed by atoms with Gasteiger partial charge in [0.2, 0.25) is 0 Å². The molecule has 242 valence electrons. The molecule has 0 heterocycles. The largest absolute Gasteiger partial charge is 0.465 e. The highest BCUT2D eigenvalue weighted by atomic mass is 16.5. The number of hydrogen-bond acceptors (Lipinski definition) is 4. The first-order chi connectivity index (χ1) is 19.9. The molecule has 1 aliphatic rings. The third kappa shape index (κ3) is 17.0. The standard InChI is InChI=1S/C37H70O4/c1-6-11-14-18-23-34-25-28-37(29-26-34,36(39)41-31-33(10-5)22-13-8-3)27-20-17-15-16-19-24-35(38)40-30-32(9-4)21-12-7-2/h32-34H,6-31H2,1-5H3. The summed E-state index contributed by atoms with van der Waals surface area (Å²) in [5, 5.41) is 0. The summed E-state index contributed by atoms with van der Waals surface area (Å²) in [7, 11) is 0. The van der Waals surface area contributed by atoms with Gasteiger partial charge in [0, 0.05) is 6.42 Å². The molecule has 0 radical (unpaired) electrons. The molecule has 2 atom stereocenters. The lowest BCUT2D eigenvalue weighted by atomic mass is 9.67. The van der Waals surface area contributed by atoms with Crippen LogP contribution in [-0.4, -0.2) is 25.2 Å². The fourth-order valence-electron chi connectivity index (χ4n) is 6.62. The van der Waals surface area contributed by atoms with E-state index in [0.717, 1.165) is 76.5 Å². The van der Waals surface area contributed by atoms with Crippen molar-refractivity contribution in [1.29, 1.82) is 0 Å². The van der Waals surface area contributed by atoms with Gasteiger partial charge >= 0.3 is 11.9 Å². The van der Waals surface area contributed by atoms with Crippen molar-refractivity contribution in [3.8, 4) is 0 Å². The molecular formula is C37H70O4. The van der Waals surface area contributed by atoms with E-state index >= 15 is 0 Å². The lowest BCUT2D eigenvalue weighted by Gasteiger charge is -2.38. The molecule has 0 N–H and O–H groups in total. The monoisotopic (exact) mass is 579 g/mol. The van der Waals surface area contributed by atoms with Crippen molar-refractivity contribution in [3.63, 3.8) is 0 Å². The van der Waals surface area contributed by atoms with Crippen molar-refractivity contribution in [2.75, 3.05) is 13.2 Å². The van der Waals surface area contributed by atoms with Crippen LogP contribution in [0.5, 0.6) is 0 Å². The molecule has 0 aromatic rings. The molecule has 4 heteroatoms. The van der Waals surface area contributed by atoms with E-state index in [0.29, 0.717) is 31.5 Å². The zero-order chi connectivity index (χ0) is 30.2. The summed E-state index contributed by atoms with van der Waals surface area (Å²) in [6, 6.07) is 0. The van der Waals surface area contributed by atoms with Crippen LogP contribution in [0.1, 0.15) is 189 Å². The summed E-state index contributed by atoms with van der Waals surface area (Å²) in [5.41, 5.74) is -0.264. The first-order valence-electron chi connectivity index (χ1n) is 18.3. The van der Waals surface area contributed by atoms with Crippen molar-refractivity contribution >= 4 is 11.9 Å². The third-order valence-corrected chi connectivity index (χ3v) is 10.0. The average molecular weight is 579 g/mol. The van der Waals surface area contributed by atoms with E-state index < -0.39 is 0 Å². The maximum absolute atomic E-state index is 13.6. The number of hydrogen-bond donors (Lipinski definition) is 0. The molecule has 1 fully saturated rings. The molecular weight excluding hydrogens is 508 g/mol. The minimum atomic E-state index is -0.264. The maximum atomic E-state index is 13.6. The maximum Gasteiger partial charge on any atom is 0.312 e. The Kier molecular flexibility index (Phi) is 22.6. The Hall–Kier alpha value is -1.06. The minimum Gasteiger partial charge on any atom is -0.465 e. The minimum absolute atomic E-state index is 0.0302.